The Morgan fingerprint density at radius 3 is 2.45 bits per heavy atom. The largest absolute Gasteiger partial charge is 0.310 e. The summed E-state index contributed by atoms with van der Waals surface area (Å²) in [6.45, 7) is 0. The third kappa shape index (κ3) is 4.21. The lowest BCUT2D eigenvalue weighted by molar-refractivity contribution is -0.115. The maximum absolute atomic E-state index is 11.9. The fourth-order valence-corrected chi connectivity index (χ4v) is 2.21. The van der Waals surface area contributed by atoms with Gasteiger partial charge in [-0.2, -0.15) is 0 Å². The standard InChI is InChI=1S/C12H7Cl4N3O/c13-7-2-1-6(3-8(7)14)4-11(20)18-10-5-9(15)17-12(16)19-10/h1-3,5H,4H2,(H,17,18,19,20). The number of anilines is 1. The van der Waals surface area contributed by atoms with Crippen LogP contribution >= 0.6 is 46.4 Å². The second-order valence-electron chi connectivity index (χ2n) is 3.82. The smallest absolute Gasteiger partial charge is 0.229 e. The van der Waals surface area contributed by atoms with Gasteiger partial charge < -0.3 is 5.32 Å². The van der Waals surface area contributed by atoms with Crippen LogP contribution in [0.1, 0.15) is 5.56 Å². The second kappa shape index (κ2) is 6.59. The zero-order valence-corrected chi connectivity index (χ0v) is 12.9. The number of nitrogens with one attached hydrogen (secondary N) is 1. The van der Waals surface area contributed by atoms with Crippen LogP contribution in [0.3, 0.4) is 0 Å². The van der Waals surface area contributed by atoms with Crippen molar-refractivity contribution in [2.45, 2.75) is 6.42 Å². The number of amides is 1. The minimum Gasteiger partial charge on any atom is -0.310 e. The Labute approximate surface area is 135 Å². The van der Waals surface area contributed by atoms with Crippen molar-refractivity contribution in [2.24, 2.45) is 0 Å². The van der Waals surface area contributed by atoms with E-state index in [-0.39, 0.29) is 28.6 Å². The molecule has 1 aromatic carbocycles. The topological polar surface area (TPSA) is 54.9 Å². The number of aromatic nitrogens is 2. The lowest BCUT2D eigenvalue weighted by Crippen LogP contribution is -2.15. The molecule has 0 bridgehead atoms. The van der Waals surface area contributed by atoms with E-state index in [4.69, 9.17) is 46.4 Å². The molecule has 0 unspecified atom stereocenters. The van der Waals surface area contributed by atoms with Gasteiger partial charge in [-0.3, -0.25) is 4.79 Å². The van der Waals surface area contributed by atoms with Gasteiger partial charge in [0, 0.05) is 6.07 Å². The maximum Gasteiger partial charge on any atom is 0.229 e. The molecule has 1 amide bonds. The molecule has 104 valence electrons. The van der Waals surface area contributed by atoms with Crippen LogP contribution in [-0.2, 0) is 11.2 Å². The number of benzene rings is 1. The van der Waals surface area contributed by atoms with E-state index in [1.807, 2.05) is 0 Å². The van der Waals surface area contributed by atoms with Crippen LogP contribution < -0.4 is 5.32 Å². The predicted molar refractivity (Wildman–Crippen MR) is 80.8 cm³/mol. The molecule has 0 radical (unpaired) electrons. The van der Waals surface area contributed by atoms with E-state index in [1.54, 1.807) is 18.2 Å². The van der Waals surface area contributed by atoms with Crippen LogP contribution in [0.5, 0.6) is 0 Å². The van der Waals surface area contributed by atoms with Crippen LogP contribution in [0.15, 0.2) is 24.3 Å². The summed E-state index contributed by atoms with van der Waals surface area (Å²) in [6, 6.07) is 6.38. The second-order valence-corrected chi connectivity index (χ2v) is 5.36. The Morgan fingerprint density at radius 2 is 1.80 bits per heavy atom. The quantitative estimate of drug-likeness (QED) is 0.664. The number of hydrogen-bond acceptors (Lipinski definition) is 3. The first-order chi connectivity index (χ1) is 9.44. The summed E-state index contributed by atoms with van der Waals surface area (Å²) in [5.41, 5.74) is 0.725. The van der Waals surface area contributed by atoms with Gasteiger partial charge in [-0.25, -0.2) is 9.97 Å². The maximum atomic E-state index is 11.9. The van der Waals surface area contributed by atoms with Crippen molar-refractivity contribution in [2.75, 3.05) is 5.32 Å². The van der Waals surface area contributed by atoms with Crippen LogP contribution in [0, 0.1) is 0 Å². The van der Waals surface area contributed by atoms with Gasteiger partial charge >= 0.3 is 0 Å². The Bertz CT molecular complexity index is 643. The molecule has 2 aromatic rings. The first-order valence-corrected chi connectivity index (χ1v) is 6.89. The fraction of sp³-hybridized carbons (Fsp3) is 0.0833. The summed E-state index contributed by atoms with van der Waals surface area (Å²) in [5, 5.41) is 3.51. The van der Waals surface area contributed by atoms with Crippen LogP contribution in [0.25, 0.3) is 0 Å². The van der Waals surface area contributed by atoms with Gasteiger partial charge in [-0.1, -0.05) is 40.9 Å². The molecule has 20 heavy (non-hydrogen) atoms. The van der Waals surface area contributed by atoms with E-state index in [0.717, 1.165) is 5.56 Å². The van der Waals surface area contributed by atoms with Crippen LogP contribution in [0.2, 0.25) is 20.5 Å². The van der Waals surface area contributed by atoms with E-state index in [2.05, 4.69) is 15.3 Å². The Morgan fingerprint density at radius 1 is 1.05 bits per heavy atom. The zero-order chi connectivity index (χ0) is 14.7. The summed E-state index contributed by atoms with van der Waals surface area (Å²) in [6.07, 6.45) is 0.121. The molecule has 0 saturated carbocycles. The highest BCUT2D eigenvalue weighted by atomic mass is 35.5. The molecule has 1 N–H and O–H groups in total. The van der Waals surface area contributed by atoms with Crippen LogP contribution in [-0.4, -0.2) is 15.9 Å². The minimum absolute atomic E-state index is 0.0395. The highest BCUT2D eigenvalue weighted by Gasteiger charge is 2.08. The van der Waals surface area contributed by atoms with Crippen molar-refractivity contribution in [1.29, 1.82) is 0 Å². The Kier molecular flexibility index (Phi) is 5.05. The molecule has 1 aromatic heterocycles. The third-order valence-corrected chi connectivity index (χ3v) is 3.39. The van der Waals surface area contributed by atoms with Gasteiger partial charge in [-0.15, -0.1) is 0 Å². The highest BCUT2D eigenvalue weighted by Crippen LogP contribution is 2.23. The molecule has 0 aliphatic carbocycles. The first-order valence-electron chi connectivity index (χ1n) is 5.38. The SMILES string of the molecule is O=C(Cc1ccc(Cl)c(Cl)c1)Nc1cc(Cl)nc(Cl)n1. The molecular formula is C12H7Cl4N3O. The molecule has 0 aliphatic rings. The van der Waals surface area contributed by atoms with E-state index in [0.29, 0.717) is 10.0 Å². The van der Waals surface area contributed by atoms with E-state index in [9.17, 15) is 4.79 Å². The number of carbonyl (C=O) groups excluding carboxylic acids is 1. The molecular weight excluding hydrogens is 344 g/mol. The molecule has 0 spiro atoms. The lowest BCUT2D eigenvalue weighted by atomic mass is 10.1. The number of carbonyl (C=O) groups is 1. The first kappa shape index (κ1) is 15.3. The molecule has 8 heteroatoms. The number of rotatable bonds is 3. The van der Waals surface area contributed by atoms with Gasteiger partial charge in [0.1, 0.15) is 11.0 Å². The van der Waals surface area contributed by atoms with Crippen molar-refractivity contribution >= 4 is 58.1 Å². The van der Waals surface area contributed by atoms with Gasteiger partial charge in [0.2, 0.25) is 11.2 Å². The summed E-state index contributed by atoms with van der Waals surface area (Å²) in [5.74, 6) is -0.0470. The van der Waals surface area contributed by atoms with Gasteiger partial charge in [0.25, 0.3) is 0 Å². The Hall–Kier alpha value is -1.07. The average molecular weight is 351 g/mol. The molecule has 0 saturated heterocycles. The molecule has 1 heterocycles. The van der Waals surface area contributed by atoms with Gasteiger partial charge in [-0.05, 0) is 29.3 Å². The van der Waals surface area contributed by atoms with E-state index in [1.165, 1.54) is 6.07 Å². The Balaban J connectivity index is 2.06. The molecule has 0 aliphatic heterocycles. The van der Waals surface area contributed by atoms with E-state index < -0.39 is 0 Å². The van der Waals surface area contributed by atoms with E-state index >= 15 is 0 Å². The summed E-state index contributed by atoms with van der Waals surface area (Å²) in [4.78, 5) is 19.4. The van der Waals surface area contributed by atoms with Gasteiger partial charge in [0.05, 0.1) is 16.5 Å². The highest BCUT2D eigenvalue weighted by molar-refractivity contribution is 6.42. The molecule has 0 fully saturated rings. The molecule has 4 nitrogen and oxygen atoms in total. The lowest BCUT2D eigenvalue weighted by Gasteiger charge is -2.06. The summed E-state index contributed by atoms with van der Waals surface area (Å²) < 4.78 is 0. The summed E-state index contributed by atoms with van der Waals surface area (Å²) >= 11 is 23.0. The monoisotopic (exact) mass is 349 g/mol. The van der Waals surface area contributed by atoms with Crippen molar-refractivity contribution in [3.05, 3.63) is 50.3 Å². The third-order valence-electron chi connectivity index (χ3n) is 2.28. The fourth-order valence-electron chi connectivity index (χ4n) is 1.48. The van der Waals surface area contributed by atoms with Gasteiger partial charge in [0.15, 0.2) is 0 Å². The van der Waals surface area contributed by atoms with Crippen molar-refractivity contribution in [3.63, 3.8) is 0 Å². The molecule has 2 rings (SSSR count). The van der Waals surface area contributed by atoms with Crippen molar-refractivity contribution in [3.8, 4) is 0 Å². The summed E-state index contributed by atoms with van der Waals surface area (Å²) in [7, 11) is 0. The average Bonchev–Trinajstić information content (AvgIpc) is 2.32. The minimum atomic E-state index is -0.283. The van der Waals surface area contributed by atoms with Crippen molar-refractivity contribution in [1.82, 2.24) is 9.97 Å². The van der Waals surface area contributed by atoms with Crippen LogP contribution in [0.4, 0.5) is 5.82 Å². The normalized spacial score (nSPS) is 10.4. The number of hydrogen-bond donors (Lipinski definition) is 1. The zero-order valence-electron chi connectivity index (χ0n) is 9.83. The van der Waals surface area contributed by atoms with Crippen molar-refractivity contribution < 1.29 is 4.79 Å². The predicted octanol–water partition coefficient (Wildman–Crippen LogP) is 4.27. The molecule has 0 atom stereocenters. The number of halogens is 4. The number of nitrogens with zero attached hydrogens (tertiary/aromatic N) is 2.